The number of aromatic nitrogens is 3. The summed E-state index contributed by atoms with van der Waals surface area (Å²) in [6.07, 6.45) is 3.14. The number of nitrogens with zero attached hydrogens (tertiary/aromatic N) is 3. The number of rotatable bonds is 2. The predicted molar refractivity (Wildman–Crippen MR) is 61.6 cm³/mol. The van der Waals surface area contributed by atoms with E-state index >= 15 is 0 Å². The van der Waals surface area contributed by atoms with Crippen molar-refractivity contribution in [1.29, 1.82) is 0 Å². The van der Waals surface area contributed by atoms with E-state index in [1.54, 1.807) is 19.4 Å². The molecule has 0 saturated carbocycles. The highest BCUT2D eigenvalue weighted by atomic mass is 35.5. The lowest BCUT2D eigenvalue weighted by Gasteiger charge is -2.05. The summed E-state index contributed by atoms with van der Waals surface area (Å²) >= 11 is 5.93. The van der Waals surface area contributed by atoms with Crippen molar-refractivity contribution in [3.63, 3.8) is 0 Å². The van der Waals surface area contributed by atoms with Crippen LogP contribution < -0.4 is 4.74 Å². The normalized spacial score (nSPS) is 10.2. The first-order chi connectivity index (χ1) is 7.72. The van der Waals surface area contributed by atoms with Crippen LogP contribution >= 0.6 is 11.6 Å². The van der Waals surface area contributed by atoms with Crippen LogP contribution in [0.5, 0.6) is 5.88 Å². The number of pyridine rings is 1. The first kappa shape index (κ1) is 10.8. The van der Waals surface area contributed by atoms with E-state index in [4.69, 9.17) is 16.3 Å². The van der Waals surface area contributed by atoms with Gasteiger partial charge in [0.25, 0.3) is 0 Å². The maximum Gasteiger partial charge on any atom is 0.212 e. The van der Waals surface area contributed by atoms with Crippen LogP contribution in [0.4, 0.5) is 0 Å². The average molecular weight is 236 g/mol. The molecule has 5 heteroatoms. The topological polar surface area (TPSA) is 47.9 Å². The van der Waals surface area contributed by atoms with Crippen molar-refractivity contribution in [3.05, 3.63) is 35.4 Å². The molecule has 0 aromatic carbocycles. The summed E-state index contributed by atoms with van der Waals surface area (Å²) in [6.45, 7) is 1.88. The van der Waals surface area contributed by atoms with Gasteiger partial charge < -0.3 is 4.74 Å². The van der Waals surface area contributed by atoms with Gasteiger partial charge in [0.2, 0.25) is 5.88 Å². The third-order valence-electron chi connectivity index (χ3n) is 2.24. The Hall–Kier alpha value is -1.68. The molecular formula is C11H10ClN3O. The van der Waals surface area contributed by atoms with E-state index in [2.05, 4.69) is 15.0 Å². The molecule has 0 N–H and O–H groups in total. The van der Waals surface area contributed by atoms with Crippen molar-refractivity contribution < 1.29 is 4.74 Å². The molecule has 0 atom stereocenters. The predicted octanol–water partition coefficient (Wildman–Crippen LogP) is 2.51. The van der Waals surface area contributed by atoms with Crippen molar-refractivity contribution in [2.75, 3.05) is 7.11 Å². The molecule has 0 spiro atoms. The molecule has 0 aliphatic heterocycles. The second kappa shape index (κ2) is 4.45. The Morgan fingerprint density at radius 3 is 2.62 bits per heavy atom. The lowest BCUT2D eigenvalue weighted by Crippen LogP contribution is -1.93. The zero-order valence-corrected chi connectivity index (χ0v) is 9.69. The number of halogens is 1. The van der Waals surface area contributed by atoms with E-state index in [-0.39, 0.29) is 0 Å². The molecule has 4 nitrogen and oxygen atoms in total. The van der Waals surface area contributed by atoms with Crippen molar-refractivity contribution in [3.8, 4) is 17.1 Å². The van der Waals surface area contributed by atoms with E-state index < -0.39 is 0 Å². The summed E-state index contributed by atoms with van der Waals surface area (Å²) in [7, 11) is 1.58. The summed E-state index contributed by atoms with van der Waals surface area (Å²) < 4.78 is 4.99. The lowest BCUT2D eigenvalue weighted by atomic mass is 10.1. The lowest BCUT2D eigenvalue weighted by molar-refractivity contribution is 0.398. The van der Waals surface area contributed by atoms with Gasteiger partial charge in [0.05, 0.1) is 12.8 Å². The molecule has 16 heavy (non-hydrogen) atoms. The molecule has 0 bridgehead atoms. The van der Waals surface area contributed by atoms with Crippen molar-refractivity contribution in [1.82, 2.24) is 15.0 Å². The molecule has 0 unspecified atom stereocenters. The Kier molecular flexibility index (Phi) is 3.01. The maximum atomic E-state index is 5.93. The molecule has 2 aromatic rings. The van der Waals surface area contributed by atoms with Gasteiger partial charge in [0, 0.05) is 23.4 Å². The average Bonchev–Trinajstić information content (AvgIpc) is 2.33. The standard InChI is InChI=1S/C11H10ClN3O/c1-7-10(14-6-15-11(7)12)8-3-4-9(16-2)13-5-8/h3-6H,1-2H3. The third-order valence-corrected chi connectivity index (χ3v) is 2.62. The van der Waals surface area contributed by atoms with E-state index in [1.165, 1.54) is 6.33 Å². The van der Waals surface area contributed by atoms with Crippen LogP contribution in [0.15, 0.2) is 24.7 Å². The van der Waals surface area contributed by atoms with E-state index in [0.717, 1.165) is 16.8 Å². The van der Waals surface area contributed by atoms with Crippen LogP contribution in [-0.2, 0) is 0 Å². The third kappa shape index (κ3) is 1.97. The highest BCUT2D eigenvalue weighted by molar-refractivity contribution is 6.30. The second-order valence-corrected chi connectivity index (χ2v) is 3.59. The largest absolute Gasteiger partial charge is 0.481 e. The quantitative estimate of drug-likeness (QED) is 0.751. The molecule has 0 aliphatic rings. The molecule has 82 valence electrons. The Morgan fingerprint density at radius 1 is 1.19 bits per heavy atom. The SMILES string of the molecule is COc1ccc(-c2ncnc(Cl)c2C)cn1. The zero-order valence-electron chi connectivity index (χ0n) is 8.94. The minimum absolute atomic E-state index is 0.459. The van der Waals surface area contributed by atoms with Gasteiger partial charge in [0.1, 0.15) is 11.5 Å². The van der Waals surface area contributed by atoms with Crippen LogP contribution in [-0.4, -0.2) is 22.1 Å². The van der Waals surface area contributed by atoms with Crippen molar-refractivity contribution >= 4 is 11.6 Å². The highest BCUT2D eigenvalue weighted by Gasteiger charge is 2.07. The van der Waals surface area contributed by atoms with E-state index in [9.17, 15) is 0 Å². The Balaban J connectivity index is 2.46. The Morgan fingerprint density at radius 2 is 2.00 bits per heavy atom. The summed E-state index contributed by atoms with van der Waals surface area (Å²) in [5, 5.41) is 0.459. The first-order valence-corrected chi connectivity index (χ1v) is 5.07. The first-order valence-electron chi connectivity index (χ1n) is 4.70. The molecule has 2 rings (SSSR count). The van der Waals surface area contributed by atoms with Gasteiger partial charge >= 0.3 is 0 Å². The zero-order chi connectivity index (χ0) is 11.5. The van der Waals surface area contributed by atoms with E-state index in [1.807, 2.05) is 13.0 Å². The Labute approximate surface area is 98.3 Å². The number of methoxy groups -OCH3 is 1. The molecule has 0 amide bonds. The van der Waals surface area contributed by atoms with Gasteiger partial charge in [-0.25, -0.2) is 15.0 Å². The summed E-state index contributed by atoms with van der Waals surface area (Å²) in [5.41, 5.74) is 2.52. The van der Waals surface area contributed by atoms with Gasteiger partial charge in [-0.15, -0.1) is 0 Å². The highest BCUT2D eigenvalue weighted by Crippen LogP contribution is 2.24. The minimum atomic E-state index is 0.459. The Bertz CT molecular complexity index is 499. The summed E-state index contributed by atoms with van der Waals surface area (Å²) in [6, 6.07) is 3.67. The minimum Gasteiger partial charge on any atom is -0.481 e. The molecule has 0 saturated heterocycles. The summed E-state index contributed by atoms with van der Waals surface area (Å²) in [4.78, 5) is 12.2. The summed E-state index contributed by atoms with van der Waals surface area (Å²) in [5.74, 6) is 0.571. The van der Waals surface area contributed by atoms with Gasteiger partial charge in [-0.3, -0.25) is 0 Å². The van der Waals surface area contributed by atoms with Crippen LogP contribution in [0.2, 0.25) is 5.15 Å². The fourth-order valence-corrected chi connectivity index (χ4v) is 1.49. The molecule has 0 aliphatic carbocycles. The fraction of sp³-hybridized carbons (Fsp3) is 0.182. The fourth-order valence-electron chi connectivity index (χ4n) is 1.36. The molecule has 0 fully saturated rings. The second-order valence-electron chi connectivity index (χ2n) is 3.23. The van der Waals surface area contributed by atoms with Crippen LogP contribution in [0, 0.1) is 6.92 Å². The van der Waals surface area contributed by atoms with Crippen LogP contribution in [0.25, 0.3) is 11.3 Å². The number of ether oxygens (including phenoxy) is 1. The van der Waals surface area contributed by atoms with Crippen LogP contribution in [0.3, 0.4) is 0 Å². The molecule has 2 aromatic heterocycles. The number of hydrogen-bond acceptors (Lipinski definition) is 4. The number of hydrogen-bond donors (Lipinski definition) is 0. The van der Waals surface area contributed by atoms with Crippen molar-refractivity contribution in [2.24, 2.45) is 0 Å². The molecular weight excluding hydrogens is 226 g/mol. The van der Waals surface area contributed by atoms with E-state index in [0.29, 0.717) is 11.0 Å². The molecule has 2 heterocycles. The van der Waals surface area contributed by atoms with Crippen LogP contribution in [0.1, 0.15) is 5.56 Å². The smallest absolute Gasteiger partial charge is 0.212 e. The van der Waals surface area contributed by atoms with Gasteiger partial charge in [0.15, 0.2) is 0 Å². The molecule has 0 radical (unpaired) electrons. The van der Waals surface area contributed by atoms with Gasteiger partial charge in [-0.1, -0.05) is 11.6 Å². The van der Waals surface area contributed by atoms with Gasteiger partial charge in [-0.2, -0.15) is 0 Å². The monoisotopic (exact) mass is 235 g/mol. The van der Waals surface area contributed by atoms with Gasteiger partial charge in [-0.05, 0) is 13.0 Å². The van der Waals surface area contributed by atoms with Crippen molar-refractivity contribution in [2.45, 2.75) is 6.92 Å². The maximum absolute atomic E-state index is 5.93.